The average molecular weight is 356 g/mol. The fourth-order valence-corrected chi connectivity index (χ4v) is 3.68. The van der Waals surface area contributed by atoms with Crippen molar-refractivity contribution in [3.05, 3.63) is 63.0 Å². The highest BCUT2D eigenvalue weighted by Crippen LogP contribution is 2.23. The van der Waals surface area contributed by atoms with Crippen LogP contribution in [0.5, 0.6) is 0 Å². The van der Waals surface area contributed by atoms with E-state index < -0.39 is 5.97 Å². The number of carboxylic acids is 1. The van der Waals surface area contributed by atoms with E-state index in [1.54, 1.807) is 4.57 Å². The third-order valence-corrected chi connectivity index (χ3v) is 5.01. The molecule has 5 nitrogen and oxygen atoms in total. The summed E-state index contributed by atoms with van der Waals surface area (Å²) in [6, 6.07) is 9.86. The maximum atomic E-state index is 13.0. The minimum atomic E-state index is -1.09. The Bertz CT molecular complexity index is 958. The minimum Gasteiger partial charge on any atom is -0.478 e. The van der Waals surface area contributed by atoms with Crippen LogP contribution in [0.25, 0.3) is 10.2 Å². The predicted octanol–water partition coefficient (Wildman–Crippen LogP) is 3.79. The van der Waals surface area contributed by atoms with Gasteiger partial charge in [-0.2, -0.15) is 0 Å². The molecule has 0 saturated heterocycles. The number of hydrogen-bond acceptors (Lipinski definition) is 4. The van der Waals surface area contributed by atoms with E-state index >= 15 is 0 Å². The number of hydrogen-bond donors (Lipinski definition) is 1. The van der Waals surface area contributed by atoms with E-state index in [9.17, 15) is 14.7 Å². The van der Waals surface area contributed by atoms with Crippen LogP contribution in [0.15, 0.2) is 40.5 Å². The molecule has 130 valence electrons. The normalized spacial score (nSPS) is 11.3. The SMILES string of the molecule is CC(C)CCn1c(Cc2ccccc2)nc2scc(C(=O)O)c2c1=O. The molecule has 0 aliphatic rings. The molecule has 0 radical (unpaired) electrons. The van der Waals surface area contributed by atoms with Gasteiger partial charge in [-0.05, 0) is 17.9 Å². The number of aromatic nitrogens is 2. The maximum Gasteiger partial charge on any atom is 0.337 e. The lowest BCUT2D eigenvalue weighted by molar-refractivity contribution is 0.0699. The average Bonchev–Trinajstić information content (AvgIpc) is 2.99. The highest BCUT2D eigenvalue weighted by atomic mass is 32.1. The van der Waals surface area contributed by atoms with Crippen molar-refractivity contribution in [2.45, 2.75) is 33.2 Å². The molecule has 2 aromatic heterocycles. The number of carbonyl (C=O) groups is 1. The van der Waals surface area contributed by atoms with Crippen molar-refractivity contribution in [3.8, 4) is 0 Å². The first-order chi connectivity index (χ1) is 12.0. The first-order valence-electron chi connectivity index (χ1n) is 8.25. The molecule has 0 amide bonds. The van der Waals surface area contributed by atoms with E-state index in [-0.39, 0.29) is 16.5 Å². The summed E-state index contributed by atoms with van der Waals surface area (Å²) in [5.41, 5.74) is 0.861. The second-order valence-corrected chi connectivity index (χ2v) is 7.32. The number of benzene rings is 1. The van der Waals surface area contributed by atoms with Gasteiger partial charge in [0.2, 0.25) is 0 Å². The zero-order valence-electron chi connectivity index (χ0n) is 14.2. The Morgan fingerprint density at radius 3 is 2.64 bits per heavy atom. The molecule has 3 rings (SSSR count). The number of nitrogens with zero attached hydrogens (tertiary/aromatic N) is 2. The molecule has 25 heavy (non-hydrogen) atoms. The third-order valence-electron chi connectivity index (χ3n) is 4.14. The van der Waals surface area contributed by atoms with E-state index in [1.807, 2.05) is 30.3 Å². The van der Waals surface area contributed by atoms with Crippen molar-refractivity contribution in [1.29, 1.82) is 0 Å². The quantitative estimate of drug-likeness (QED) is 0.729. The first kappa shape index (κ1) is 17.4. The number of thiophene rings is 1. The van der Waals surface area contributed by atoms with E-state index in [1.165, 1.54) is 16.7 Å². The Balaban J connectivity index is 2.15. The van der Waals surface area contributed by atoms with Gasteiger partial charge in [-0.1, -0.05) is 44.2 Å². The van der Waals surface area contributed by atoms with Crippen LogP contribution >= 0.6 is 11.3 Å². The Hall–Kier alpha value is -2.47. The van der Waals surface area contributed by atoms with Gasteiger partial charge in [-0.15, -0.1) is 11.3 Å². The van der Waals surface area contributed by atoms with Crippen molar-refractivity contribution in [2.75, 3.05) is 0 Å². The highest BCUT2D eigenvalue weighted by molar-refractivity contribution is 7.17. The lowest BCUT2D eigenvalue weighted by Gasteiger charge is -2.14. The third kappa shape index (κ3) is 3.64. The molecular weight excluding hydrogens is 336 g/mol. The fourth-order valence-electron chi connectivity index (χ4n) is 2.76. The van der Waals surface area contributed by atoms with E-state index in [0.717, 1.165) is 12.0 Å². The van der Waals surface area contributed by atoms with Crippen molar-refractivity contribution >= 4 is 27.5 Å². The molecule has 6 heteroatoms. The van der Waals surface area contributed by atoms with Crippen LogP contribution in [-0.2, 0) is 13.0 Å². The zero-order valence-corrected chi connectivity index (χ0v) is 15.0. The second-order valence-electron chi connectivity index (χ2n) is 6.46. The summed E-state index contributed by atoms with van der Waals surface area (Å²) in [6.45, 7) is 4.73. The predicted molar refractivity (Wildman–Crippen MR) is 99.5 cm³/mol. The molecular formula is C19H20N2O3S. The molecule has 0 unspecified atom stereocenters. The van der Waals surface area contributed by atoms with Gasteiger partial charge < -0.3 is 5.11 Å². The Morgan fingerprint density at radius 1 is 1.28 bits per heavy atom. The topological polar surface area (TPSA) is 72.2 Å². The van der Waals surface area contributed by atoms with Gasteiger partial charge in [0.1, 0.15) is 10.7 Å². The molecule has 2 heterocycles. The van der Waals surface area contributed by atoms with Gasteiger partial charge in [-0.3, -0.25) is 9.36 Å². The molecule has 0 aliphatic carbocycles. The monoisotopic (exact) mass is 356 g/mol. The number of carboxylic acid groups (broad SMARTS) is 1. The molecule has 1 N–H and O–H groups in total. The van der Waals surface area contributed by atoms with Crippen LogP contribution in [0.4, 0.5) is 0 Å². The first-order valence-corrected chi connectivity index (χ1v) is 9.13. The minimum absolute atomic E-state index is 0.0436. The smallest absolute Gasteiger partial charge is 0.337 e. The van der Waals surface area contributed by atoms with Gasteiger partial charge >= 0.3 is 5.97 Å². The van der Waals surface area contributed by atoms with Gasteiger partial charge in [-0.25, -0.2) is 9.78 Å². The molecule has 0 bridgehead atoms. The lowest BCUT2D eigenvalue weighted by atomic mass is 10.1. The number of rotatable bonds is 6. The van der Waals surface area contributed by atoms with Crippen molar-refractivity contribution < 1.29 is 9.90 Å². The molecule has 0 aliphatic heterocycles. The summed E-state index contributed by atoms with van der Waals surface area (Å²) in [6.07, 6.45) is 1.38. The lowest BCUT2D eigenvalue weighted by Crippen LogP contribution is -2.26. The van der Waals surface area contributed by atoms with Gasteiger partial charge in [0, 0.05) is 18.3 Å². The van der Waals surface area contributed by atoms with E-state index in [2.05, 4.69) is 18.8 Å². The largest absolute Gasteiger partial charge is 0.478 e. The molecule has 0 saturated carbocycles. The van der Waals surface area contributed by atoms with Crippen LogP contribution in [0.2, 0.25) is 0 Å². The fraction of sp³-hybridized carbons (Fsp3) is 0.316. The van der Waals surface area contributed by atoms with Gasteiger partial charge in [0.15, 0.2) is 0 Å². The van der Waals surface area contributed by atoms with Crippen LogP contribution in [0, 0.1) is 5.92 Å². The summed E-state index contributed by atoms with van der Waals surface area (Å²) in [4.78, 5) is 29.5. The second kappa shape index (κ2) is 7.19. The van der Waals surface area contributed by atoms with Crippen LogP contribution < -0.4 is 5.56 Å². The highest BCUT2D eigenvalue weighted by Gasteiger charge is 2.19. The van der Waals surface area contributed by atoms with E-state index in [0.29, 0.717) is 29.5 Å². The summed E-state index contributed by atoms with van der Waals surface area (Å²) >= 11 is 1.21. The van der Waals surface area contributed by atoms with Crippen molar-refractivity contribution in [1.82, 2.24) is 9.55 Å². The molecule has 0 spiro atoms. The van der Waals surface area contributed by atoms with Gasteiger partial charge in [0.05, 0.1) is 10.9 Å². The summed E-state index contributed by atoms with van der Waals surface area (Å²) in [5.74, 6) is 0.0353. The van der Waals surface area contributed by atoms with E-state index in [4.69, 9.17) is 0 Å². The van der Waals surface area contributed by atoms with Crippen molar-refractivity contribution in [2.24, 2.45) is 5.92 Å². The molecule has 0 fully saturated rings. The molecule has 1 aromatic carbocycles. The Morgan fingerprint density at radius 2 is 2.00 bits per heavy atom. The Kier molecular flexibility index (Phi) is 4.99. The molecule has 3 aromatic rings. The summed E-state index contributed by atoms with van der Waals surface area (Å²) in [5, 5.41) is 11.1. The number of aromatic carboxylic acids is 1. The molecule has 0 atom stereocenters. The Labute approximate surface area is 149 Å². The standard InChI is InChI=1S/C19H20N2O3S/c1-12(2)8-9-21-15(10-13-6-4-3-5-7-13)20-17-16(18(21)22)14(11-25-17)19(23)24/h3-7,11-12H,8-10H2,1-2H3,(H,23,24). The van der Waals surface area contributed by atoms with Crippen LogP contribution in [-0.4, -0.2) is 20.6 Å². The van der Waals surface area contributed by atoms with Gasteiger partial charge in [0.25, 0.3) is 5.56 Å². The summed E-state index contributed by atoms with van der Waals surface area (Å²) in [7, 11) is 0. The maximum absolute atomic E-state index is 13.0. The zero-order chi connectivity index (χ0) is 18.0. The number of fused-ring (bicyclic) bond motifs is 1. The summed E-state index contributed by atoms with van der Waals surface area (Å²) < 4.78 is 1.65. The van der Waals surface area contributed by atoms with Crippen LogP contribution in [0.1, 0.15) is 42.0 Å². The van der Waals surface area contributed by atoms with Crippen LogP contribution in [0.3, 0.4) is 0 Å². The van der Waals surface area contributed by atoms with Crippen molar-refractivity contribution in [3.63, 3.8) is 0 Å².